The van der Waals surface area contributed by atoms with E-state index in [2.05, 4.69) is 20.2 Å². The molecule has 8 nitrogen and oxygen atoms in total. The van der Waals surface area contributed by atoms with Crippen molar-refractivity contribution in [3.63, 3.8) is 0 Å². The average molecular weight is 447 g/mol. The van der Waals surface area contributed by atoms with E-state index in [1.54, 1.807) is 6.92 Å². The van der Waals surface area contributed by atoms with Crippen LogP contribution in [0.15, 0.2) is 12.4 Å². The molecule has 0 saturated carbocycles. The van der Waals surface area contributed by atoms with Crippen LogP contribution in [0.25, 0.3) is 0 Å². The molecule has 1 aliphatic rings. The van der Waals surface area contributed by atoms with Crippen molar-refractivity contribution in [3.05, 3.63) is 39.7 Å². The monoisotopic (exact) mass is 446 g/mol. The van der Waals surface area contributed by atoms with Crippen LogP contribution in [-0.2, 0) is 0 Å². The molecule has 1 saturated heterocycles. The number of aromatic nitrogens is 2. The number of nitrogens with zero attached hydrogens (tertiary/aromatic N) is 3. The van der Waals surface area contributed by atoms with Crippen LogP contribution >= 0.6 is 11.6 Å². The Hall–Kier alpha value is -2.42. The van der Waals surface area contributed by atoms with Gasteiger partial charge in [-0.1, -0.05) is 11.6 Å². The van der Waals surface area contributed by atoms with Crippen molar-refractivity contribution in [1.29, 1.82) is 5.41 Å². The van der Waals surface area contributed by atoms with Gasteiger partial charge in [-0.3, -0.25) is 4.90 Å². The van der Waals surface area contributed by atoms with E-state index in [-0.39, 0.29) is 18.5 Å². The van der Waals surface area contributed by atoms with Gasteiger partial charge in [0.1, 0.15) is 23.7 Å². The normalized spacial score (nSPS) is 15.4. The van der Waals surface area contributed by atoms with E-state index in [1.807, 2.05) is 26.8 Å². The highest BCUT2D eigenvalue weighted by Crippen LogP contribution is 2.43. The molecule has 9 heteroatoms. The van der Waals surface area contributed by atoms with Gasteiger partial charge in [0.15, 0.2) is 0 Å². The van der Waals surface area contributed by atoms with Crippen molar-refractivity contribution in [2.75, 3.05) is 43.9 Å². The lowest BCUT2D eigenvalue weighted by Crippen LogP contribution is -2.46. The van der Waals surface area contributed by atoms with Crippen LogP contribution in [0, 0.1) is 12.3 Å². The third kappa shape index (κ3) is 4.76. The molecule has 0 amide bonds. The molecule has 0 spiro atoms. The number of ether oxygens (including phenoxy) is 1. The Bertz CT molecular complexity index is 962. The number of benzene rings is 1. The number of aliphatic hydroxyl groups excluding tert-OH is 1. The Morgan fingerprint density at radius 2 is 2.16 bits per heavy atom. The van der Waals surface area contributed by atoms with E-state index in [9.17, 15) is 5.11 Å². The zero-order valence-corrected chi connectivity index (χ0v) is 19.3. The molecule has 3 rings (SSSR count). The Balaban J connectivity index is 1.99. The molecule has 0 radical (unpaired) electrons. The van der Waals surface area contributed by atoms with Crippen LogP contribution < -0.4 is 15.8 Å². The minimum Gasteiger partial charge on any atom is -0.493 e. The van der Waals surface area contributed by atoms with Crippen molar-refractivity contribution in [1.82, 2.24) is 14.9 Å². The lowest BCUT2D eigenvalue weighted by Gasteiger charge is -2.41. The summed E-state index contributed by atoms with van der Waals surface area (Å²) in [5, 5.41) is 21.3. The summed E-state index contributed by atoms with van der Waals surface area (Å²) in [6, 6.07) is 1.74. The molecule has 5 N–H and O–H groups in total. The maximum Gasteiger partial charge on any atom is 0.141 e. The quantitative estimate of drug-likeness (QED) is 0.436. The Kier molecular flexibility index (Phi) is 7.35. The van der Waals surface area contributed by atoms with E-state index in [4.69, 9.17) is 27.5 Å². The minimum atomic E-state index is -0.195. The lowest BCUT2D eigenvalue weighted by molar-refractivity contribution is 0.113. The molecule has 1 aromatic heterocycles. The minimum absolute atomic E-state index is 0.155. The summed E-state index contributed by atoms with van der Waals surface area (Å²) in [5.41, 5.74) is 9.84. The summed E-state index contributed by atoms with van der Waals surface area (Å²) in [5.74, 6) is 1.91. The zero-order chi connectivity index (χ0) is 22.7. The smallest absolute Gasteiger partial charge is 0.141 e. The fourth-order valence-corrected chi connectivity index (χ4v) is 4.34. The first-order chi connectivity index (χ1) is 14.8. The van der Waals surface area contributed by atoms with Crippen LogP contribution in [0.2, 0.25) is 5.02 Å². The van der Waals surface area contributed by atoms with Crippen molar-refractivity contribution in [2.45, 2.75) is 39.7 Å². The van der Waals surface area contributed by atoms with E-state index >= 15 is 0 Å². The van der Waals surface area contributed by atoms with Gasteiger partial charge in [0.25, 0.3) is 0 Å². The molecule has 1 fully saturated rings. The predicted molar refractivity (Wildman–Crippen MR) is 125 cm³/mol. The number of aliphatic hydroxyl groups is 1. The third-order valence-corrected chi connectivity index (χ3v) is 6.09. The van der Waals surface area contributed by atoms with Crippen molar-refractivity contribution >= 4 is 28.9 Å². The maximum atomic E-state index is 9.20. The topological polar surface area (TPSA) is 120 Å². The first-order valence-corrected chi connectivity index (χ1v) is 10.9. The first-order valence-electron chi connectivity index (χ1n) is 10.5. The van der Waals surface area contributed by atoms with Gasteiger partial charge in [0, 0.05) is 47.4 Å². The number of β-amino-alcohol motifs (C(OH)–C–C–N with tert-alkyl or cyclic N) is 1. The van der Waals surface area contributed by atoms with Crippen LogP contribution in [0.4, 0.5) is 11.6 Å². The molecule has 1 unspecified atom stereocenters. The SMILES string of the molecule is CCOc1c(C(C)Nc2ncnc(N)c2C(C)=N)cc(Cl)c(C)c1C1CN(CCO)C1. The van der Waals surface area contributed by atoms with Gasteiger partial charge in [-0.25, -0.2) is 9.97 Å². The molecule has 1 aliphatic heterocycles. The van der Waals surface area contributed by atoms with Gasteiger partial charge in [0.2, 0.25) is 0 Å². The highest BCUT2D eigenvalue weighted by molar-refractivity contribution is 6.31. The summed E-state index contributed by atoms with van der Waals surface area (Å²) in [7, 11) is 0. The van der Waals surface area contributed by atoms with Gasteiger partial charge in [-0.2, -0.15) is 0 Å². The summed E-state index contributed by atoms with van der Waals surface area (Å²) in [6.07, 6.45) is 1.39. The molecule has 2 aromatic rings. The fourth-order valence-electron chi connectivity index (χ4n) is 4.12. The summed E-state index contributed by atoms with van der Waals surface area (Å²) in [6.45, 7) is 10.7. The third-order valence-electron chi connectivity index (χ3n) is 5.69. The summed E-state index contributed by atoms with van der Waals surface area (Å²) in [4.78, 5) is 10.5. The summed E-state index contributed by atoms with van der Waals surface area (Å²) >= 11 is 6.65. The van der Waals surface area contributed by atoms with Crippen LogP contribution in [-0.4, -0.2) is 58.5 Å². The average Bonchev–Trinajstić information content (AvgIpc) is 2.68. The van der Waals surface area contributed by atoms with Crippen molar-refractivity contribution in [2.24, 2.45) is 0 Å². The number of likely N-dealkylation sites (tertiary alicyclic amines) is 1. The molecular formula is C22H31ClN6O2. The van der Waals surface area contributed by atoms with Gasteiger partial charge >= 0.3 is 0 Å². The lowest BCUT2D eigenvalue weighted by atomic mass is 9.85. The van der Waals surface area contributed by atoms with Gasteiger partial charge in [-0.15, -0.1) is 0 Å². The molecule has 0 bridgehead atoms. The number of nitrogens with one attached hydrogen (secondary N) is 2. The number of nitrogen functional groups attached to an aromatic ring is 1. The van der Waals surface area contributed by atoms with Crippen LogP contribution in [0.5, 0.6) is 5.75 Å². The highest BCUT2D eigenvalue weighted by atomic mass is 35.5. The maximum absolute atomic E-state index is 9.20. The molecular weight excluding hydrogens is 416 g/mol. The van der Waals surface area contributed by atoms with Gasteiger partial charge < -0.3 is 26.3 Å². The Labute approximate surface area is 188 Å². The van der Waals surface area contributed by atoms with Crippen LogP contribution in [0.1, 0.15) is 55.0 Å². The second kappa shape index (κ2) is 9.80. The Morgan fingerprint density at radius 3 is 2.77 bits per heavy atom. The van der Waals surface area contributed by atoms with Crippen molar-refractivity contribution < 1.29 is 9.84 Å². The molecule has 1 aromatic carbocycles. The first kappa shape index (κ1) is 23.2. The molecule has 2 heterocycles. The molecule has 31 heavy (non-hydrogen) atoms. The number of anilines is 2. The number of hydrogen-bond acceptors (Lipinski definition) is 8. The van der Waals surface area contributed by atoms with E-state index in [1.165, 1.54) is 6.33 Å². The number of hydrogen-bond donors (Lipinski definition) is 4. The predicted octanol–water partition coefficient (Wildman–Crippen LogP) is 3.37. The van der Waals surface area contributed by atoms with E-state index in [0.717, 1.165) is 35.5 Å². The standard InChI is InChI=1S/C22H31ClN6O2/c1-5-31-20-16(14(4)28-22-19(13(3)24)21(25)26-11-27-22)8-17(23)12(2)18(20)15-9-29(10-15)6-7-30/h8,11,14-15,24,30H,5-7,9-10H2,1-4H3,(H3,25,26,27,28). The molecule has 168 valence electrons. The number of rotatable bonds is 9. The zero-order valence-electron chi connectivity index (χ0n) is 18.5. The van der Waals surface area contributed by atoms with E-state index < -0.39 is 0 Å². The van der Waals surface area contributed by atoms with Crippen molar-refractivity contribution in [3.8, 4) is 5.75 Å². The highest BCUT2D eigenvalue weighted by Gasteiger charge is 2.33. The van der Waals surface area contributed by atoms with E-state index in [0.29, 0.717) is 41.2 Å². The number of nitrogens with two attached hydrogens (primary N) is 1. The van der Waals surface area contributed by atoms with Gasteiger partial charge in [-0.05, 0) is 39.3 Å². The largest absolute Gasteiger partial charge is 0.493 e. The number of halogens is 1. The Morgan fingerprint density at radius 1 is 1.45 bits per heavy atom. The fraction of sp³-hybridized carbons (Fsp3) is 0.500. The second-order valence-electron chi connectivity index (χ2n) is 7.90. The molecule has 0 aliphatic carbocycles. The molecule has 1 atom stereocenters. The van der Waals surface area contributed by atoms with Gasteiger partial charge in [0.05, 0.1) is 24.8 Å². The second-order valence-corrected chi connectivity index (χ2v) is 8.31. The van der Waals surface area contributed by atoms with Crippen LogP contribution in [0.3, 0.4) is 0 Å². The summed E-state index contributed by atoms with van der Waals surface area (Å²) < 4.78 is 6.15.